The fourth-order valence-corrected chi connectivity index (χ4v) is 1.79. The van der Waals surface area contributed by atoms with E-state index in [0.717, 1.165) is 22.4 Å². The van der Waals surface area contributed by atoms with Gasteiger partial charge in [-0.3, -0.25) is 0 Å². The Morgan fingerprint density at radius 1 is 0.941 bits per heavy atom. The lowest BCUT2D eigenvalue weighted by atomic mass is 9.99. The Balaban J connectivity index is 2.61. The Labute approximate surface area is 101 Å². The molecule has 0 saturated heterocycles. The van der Waals surface area contributed by atoms with Crippen LogP contribution in [0.2, 0.25) is 0 Å². The molecule has 3 heteroatoms. The third-order valence-electron chi connectivity index (χ3n) is 3.05. The molecule has 0 spiro atoms. The maximum absolute atomic E-state index is 10.1. The Hall–Kier alpha value is -2.16. The van der Waals surface area contributed by atoms with E-state index in [1.807, 2.05) is 31.2 Å². The quantitative estimate of drug-likeness (QED) is 0.657. The van der Waals surface area contributed by atoms with E-state index in [9.17, 15) is 5.11 Å². The number of phenols is 1. The van der Waals surface area contributed by atoms with Crippen LogP contribution in [0.1, 0.15) is 11.1 Å². The lowest BCUT2D eigenvalue weighted by Gasteiger charge is -2.11. The molecule has 0 radical (unpaired) electrons. The summed E-state index contributed by atoms with van der Waals surface area (Å²) < 4.78 is 0. The Kier molecular flexibility index (Phi) is 2.68. The molecular formula is C14H16N2O. The number of rotatable bonds is 1. The highest BCUT2D eigenvalue weighted by Gasteiger charge is 2.09. The van der Waals surface area contributed by atoms with E-state index in [4.69, 9.17) is 11.5 Å². The number of aryl methyl sites for hydroxylation is 1. The molecule has 0 amide bonds. The molecule has 88 valence electrons. The van der Waals surface area contributed by atoms with Gasteiger partial charge in [0, 0.05) is 22.5 Å². The largest absolute Gasteiger partial charge is 0.507 e. The van der Waals surface area contributed by atoms with E-state index in [0.29, 0.717) is 11.3 Å². The molecule has 0 aliphatic heterocycles. The van der Waals surface area contributed by atoms with Crippen molar-refractivity contribution in [1.29, 1.82) is 0 Å². The first-order chi connectivity index (χ1) is 8.00. The highest BCUT2D eigenvalue weighted by Crippen LogP contribution is 2.35. The zero-order chi connectivity index (χ0) is 12.6. The van der Waals surface area contributed by atoms with Crippen molar-refractivity contribution in [2.75, 3.05) is 11.5 Å². The van der Waals surface area contributed by atoms with Gasteiger partial charge in [-0.1, -0.05) is 6.07 Å². The van der Waals surface area contributed by atoms with Crippen molar-refractivity contribution in [2.24, 2.45) is 0 Å². The molecule has 3 nitrogen and oxygen atoms in total. The van der Waals surface area contributed by atoms with Gasteiger partial charge in [-0.05, 0) is 49.2 Å². The number of nitrogen functional groups attached to an aromatic ring is 2. The van der Waals surface area contributed by atoms with Crippen molar-refractivity contribution >= 4 is 11.4 Å². The SMILES string of the molecule is Cc1cc(-c2ccc(N)c(C)c2O)ccc1N. The average Bonchev–Trinajstić information content (AvgIpc) is 2.30. The van der Waals surface area contributed by atoms with Gasteiger partial charge in [0.15, 0.2) is 0 Å². The fraction of sp³-hybridized carbons (Fsp3) is 0.143. The van der Waals surface area contributed by atoms with Crippen molar-refractivity contribution in [1.82, 2.24) is 0 Å². The summed E-state index contributed by atoms with van der Waals surface area (Å²) in [7, 11) is 0. The number of aromatic hydroxyl groups is 1. The maximum atomic E-state index is 10.1. The minimum atomic E-state index is 0.231. The van der Waals surface area contributed by atoms with Gasteiger partial charge in [-0.15, -0.1) is 0 Å². The van der Waals surface area contributed by atoms with Crippen LogP contribution in [0.15, 0.2) is 30.3 Å². The summed E-state index contributed by atoms with van der Waals surface area (Å²) in [6.45, 7) is 3.75. The molecule has 0 atom stereocenters. The van der Waals surface area contributed by atoms with Crippen molar-refractivity contribution < 1.29 is 5.11 Å². The number of anilines is 2. The molecule has 0 saturated carbocycles. The van der Waals surface area contributed by atoms with E-state index in [2.05, 4.69) is 0 Å². The third-order valence-corrected chi connectivity index (χ3v) is 3.05. The summed E-state index contributed by atoms with van der Waals surface area (Å²) in [4.78, 5) is 0. The smallest absolute Gasteiger partial charge is 0.128 e. The summed E-state index contributed by atoms with van der Waals surface area (Å²) in [5.74, 6) is 0.231. The van der Waals surface area contributed by atoms with Gasteiger partial charge in [-0.25, -0.2) is 0 Å². The highest BCUT2D eigenvalue weighted by molar-refractivity contribution is 5.77. The van der Waals surface area contributed by atoms with Gasteiger partial charge in [0.25, 0.3) is 0 Å². The zero-order valence-corrected chi connectivity index (χ0v) is 9.99. The van der Waals surface area contributed by atoms with Crippen LogP contribution in [0.5, 0.6) is 5.75 Å². The molecule has 0 aliphatic carbocycles. The molecule has 2 rings (SSSR count). The van der Waals surface area contributed by atoms with Crippen LogP contribution in [0, 0.1) is 13.8 Å². The molecule has 0 aromatic heterocycles. The van der Waals surface area contributed by atoms with E-state index in [1.165, 1.54) is 0 Å². The van der Waals surface area contributed by atoms with Gasteiger partial charge < -0.3 is 16.6 Å². The van der Waals surface area contributed by atoms with Crippen LogP contribution >= 0.6 is 0 Å². The van der Waals surface area contributed by atoms with E-state index in [1.54, 1.807) is 13.0 Å². The van der Waals surface area contributed by atoms with Crippen LogP contribution in [0.3, 0.4) is 0 Å². The van der Waals surface area contributed by atoms with Crippen molar-refractivity contribution in [3.63, 3.8) is 0 Å². The standard InChI is InChI=1S/C14H16N2O/c1-8-7-10(3-5-12(8)15)11-4-6-13(16)9(2)14(11)17/h3-7,17H,15-16H2,1-2H3. The Bertz CT molecular complexity index is 577. The molecule has 0 aliphatic rings. The highest BCUT2D eigenvalue weighted by atomic mass is 16.3. The van der Waals surface area contributed by atoms with Crippen molar-refractivity contribution in [3.8, 4) is 16.9 Å². The monoisotopic (exact) mass is 228 g/mol. The molecule has 0 heterocycles. The molecular weight excluding hydrogens is 212 g/mol. The predicted molar refractivity (Wildman–Crippen MR) is 71.8 cm³/mol. The zero-order valence-electron chi connectivity index (χ0n) is 9.99. The number of hydrogen-bond acceptors (Lipinski definition) is 3. The number of benzene rings is 2. The maximum Gasteiger partial charge on any atom is 0.128 e. The second-order valence-electron chi connectivity index (χ2n) is 4.25. The second kappa shape index (κ2) is 4.01. The predicted octanol–water partition coefficient (Wildman–Crippen LogP) is 2.84. The second-order valence-corrected chi connectivity index (χ2v) is 4.25. The third kappa shape index (κ3) is 1.91. The first-order valence-electron chi connectivity index (χ1n) is 5.45. The fourth-order valence-electron chi connectivity index (χ4n) is 1.79. The molecule has 17 heavy (non-hydrogen) atoms. The molecule has 2 aromatic carbocycles. The normalized spacial score (nSPS) is 10.5. The summed E-state index contributed by atoms with van der Waals surface area (Å²) >= 11 is 0. The number of phenolic OH excluding ortho intramolecular Hbond substituents is 1. The molecule has 5 N–H and O–H groups in total. The summed E-state index contributed by atoms with van der Waals surface area (Å²) in [5, 5.41) is 10.1. The molecule has 2 aromatic rings. The minimum Gasteiger partial charge on any atom is -0.507 e. The minimum absolute atomic E-state index is 0.231. The Morgan fingerprint density at radius 3 is 2.24 bits per heavy atom. The van der Waals surface area contributed by atoms with E-state index < -0.39 is 0 Å². The van der Waals surface area contributed by atoms with E-state index >= 15 is 0 Å². The summed E-state index contributed by atoms with van der Waals surface area (Å²) in [6.07, 6.45) is 0. The van der Waals surface area contributed by atoms with Crippen LogP contribution in [-0.4, -0.2) is 5.11 Å². The van der Waals surface area contributed by atoms with Crippen LogP contribution in [0.4, 0.5) is 11.4 Å². The number of nitrogens with two attached hydrogens (primary N) is 2. The van der Waals surface area contributed by atoms with Crippen molar-refractivity contribution in [2.45, 2.75) is 13.8 Å². The first kappa shape index (κ1) is 11.3. The van der Waals surface area contributed by atoms with Gasteiger partial charge in [-0.2, -0.15) is 0 Å². The van der Waals surface area contributed by atoms with Crippen LogP contribution in [0.25, 0.3) is 11.1 Å². The summed E-state index contributed by atoms with van der Waals surface area (Å²) in [5.41, 5.74) is 16.3. The summed E-state index contributed by atoms with van der Waals surface area (Å²) in [6, 6.07) is 9.32. The first-order valence-corrected chi connectivity index (χ1v) is 5.45. The average molecular weight is 228 g/mol. The molecule has 0 fully saturated rings. The topological polar surface area (TPSA) is 72.3 Å². The molecule has 0 unspecified atom stereocenters. The molecule has 0 bridgehead atoms. The number of hydrogen-bond donors (Lipinski definition) is 3. The van der Waals surface area contributed by atoms with Crippen molar-refractivity contribution in [3.05, 3.63) is 41.5 Å². The Morgan fingerprint density at radius 2 is 1.59 bits per heavy atom. The van der Waals surface area contributed by atoms with Crippen LogP contribution < -0.4 is 11.5 Å². The van der Waals surface area contributed by atoms with Gasteiger partial charge >= 0.3 is 0 Å². The lowest BCUT2D eigenvalue weighted by Crippen LogP contribution is -1.93. The van der Waals surface area contributed by atoms with Gasteiger partial charge in [0.05, 0.1) is 0 Å². The van der Waals surface area contributed by atoms with Gasteiger partial charge in [0.2, 0.25) is 0 Å². The lowest BCUT2D eigenvalue weighted by molar-refractivity contribution is 0.473. The van der Waals surface area contributed by atoms with Crippen LogP contribution in [-0.2, 0) is 0 Å². The van der Waals surface area contributed by atoms with Gasteiger partial charge in [0.1, 0.15) is 5.75 Å². The van der Waals surface area contributed by atoms with E-state index in [-0.39, 0.29) is 5.75 Å².